The van der Waals surface area contributed by atoms with Crippen molar-refractivity contribution in [3.8, 4) is 0 Å². The predicted octanol–water partition coefficient (Wildman–Crippen LogP) is 0.0397. The van der Waals surface area contributed by atoms with Crippen LogP contribution >= 0.6 is 0 Å². The smallest absolute Gasteiger partial charge is 0.180 e. The molecule has 0 atom stereocenters. The van der Waals surface area contributed by atoms with E-state index in [1.165, 1.54) is 6.33 Å². The van der Waals surface area contributed by atoms with Crippen molar-refractivity contribution in [3.05, 3.63) is 18.3 Å². The topological polar surface area (TPSA) is 66.5 Å². The first kappa shape index (κ1) is 6.97. The second kappa shape index (κ2) is 2.50. The standard InChI is InChI=1S/C8H9N5/c1-5(2-9-1)7-12-6-3-10-4-11-8(6)13-7/h3-5,9H,1-2H2,(H,10,11,12,13). The highest BCUT2D eigenvalue weighted by Gasteiger charge is 2.22. The maximum absolute atomic E-state index is 4.39. The molecule has 13 heavy (non-hydrogen) atoms. The van der Waals surface area contributed by atoms with Gasteiger partial charge >= 0.3 is 0 Å². The minimum Gasteiger partial charge on any atom is -0.339 e. The molecular formula is C8H9N5. The van der Waals surface area contributed by atoms with Crippen LogP contribution in [0.25, 0.3) is 11.2 Å². The summed E-state index contributed by atoms with van der Waals surface area (Å²) >= 11 is 0. The van der Waals surface area contributed by atoms with Crippen LogP contribution in [0.2, 0.25) is 0 Å². The Kier molecular flexibility index (Phi) is 1.34. The molecule has 0 spiro atoms. The highest BCUT2D eigenvalue weighted by molar-refractivity contribution is 5.68. The number of imidazole rings is 1. The second-order valence-corrected chi connectivity index (χ2v) is 3.24. The number of nitrogens with one attached hydrogen (secondary N) is 2. The van der Waals surface area contributed by atoms with Crippen molar-refractivity contribution < 1.29 is 0 Å². The van der Waals surface area contributed by atoms with Crippen LogP contribution in [0.4, 0.5) is 0 Å². The largest absolute Gasteiger partial charge is 0.339 e. The summed E-state index contributed by atoms with van der Waals surface area (Å²) < 4.78 is 0. The van der Waals surface area contributed by atoms with E-state index in [1.807, 2.05) is 0 Å². The first-order valence-electron chi connectivity index (χ1n) is 4.30. The summed E-state index contributed by atoms with van der Waals surface area (Å²) in [6, 6.07) is 0. The van der Waals surface area contributed by atoms with Crippen LogP contribution < -0.4 is 5.32 Å². The Morgan fingerprint density at radius 2 is 2.31 bits per heavy atom. The van der Waals surface area contributed by atoms with Gasteiger partial charge in [0.15, 0.2) is 5.65 Å². The fourth-order valence-corrected chi connectivity index (χ4v) is 1.46. The third-order valence-corrected chi connectivity index (χ3v) is 2.35. The zero-order valence-electron chi connectivity index (χ0n) is 6.99. The first-order valence-corrected chi connectivity index (χ1v) is 4.30. The van der Waals surface area contributed by atoms with Crippen molar-refractivity contribution in [1.29, 1.82) is 0 Å². The molecular weight excluding hydrogens is 166 g/mol. The van der Waals surface area contributed by atoms with E-state index in [1.54, 1.807) is 6.20 Å². The molecule has 0 aromatic carbocycles. The van der Waals surface area contributed by atoms with Gasteiger partial charge in [0.25, 0.3) is 0 Å². The number of hydrogen-bond acceptors (Lipinski definition) is 4. The Hall–Kier alpha value is -1.49. The van der Waals surface area contributed by atoms with Crippen molar-refractivity contribution in [2.75, 3.05) is 13.1 Å². The molecule has 2 N–H and O–H groups in total. The van der Waals surface area contributed by atoms with Gasteiger partial charge in [0.2, 0.25) is 0 Å². The molecule has 1 aliphatic heterocycles. The van der Waals surface area contributed by atoms with Gasteiger partial charge in [-0.15, -0.1) is 0 Å². The minimum absolute atomic E-state index is 0.522. The second-order valence-electron chi connectivity index (χ2n) is 3.24. The molecule has 1 saturated heterocycles. The van der Waals surface area contributed by atoms with Crippen molar-refractivity contribution in [3.63, 3.8) is 0 Å². The number of hydrogen-bond donors (Lipinski definition) is 2. The van der Waals surface area contributed by atoms with Crippen LogP contribution in [-0.4, -0.2) is 33.0 Å². The van der Waals surface area contributed by atoms with Gasteiger partial charge < -0.3 is 10.3 Å². The molecule has 1 fully saturated rings. The molecule has 0 amide bonds. The molecule has 5 nitrogen and oxygen atoms in total. The predicted molar refractivity (Wildman–Crippen MR) is 47.3 cm³/mol. The van der Waals surface area contributed by atoms with Crippen LogP contribution in [0.3, 0.4) is 0 Å². The quantitative estimate of drug-likeness (QED) is 0.642. The highest BCUT2D eigenvalue weighted by Crippen LogP contribution is 2.18. The molecule has 66 valence electrons. The lowest BCUT2D eigenvalue weighted by Gasteiger charge is -2.24. The van der Waals surface area contributed by atoms with Crippen LogP contribution in [0.5, 0.6) is 0 Å². The molecule has 1 aliphatic rings. The summed E-state index contributed by atoms with van der Waals surface area (Å²) in [6.45, 7) is 2.01. The zero-order chi connectivity index (χ0) is 8.67. The van der Waals surface area contributed by atoms with Crippen LogP contribution in [-0.2, 0) is 0 Å². The van der Waals surface area contributed by atoms with Gasteiger partial charge in [0.05, 0.1) is 6.20 Å². The number of nitrogens with zero attached hydrogens (tertiary/aromatic N) is 3. The molecule has 0 unspecified atom stereocenters. The van der Waals surface area contributed by atoms with E-state index in [4.69, 9.17) is 0 Å². The summed E-state index contributed by atoms with van der Waals surface area (Å²) in [4.78, 5) is 15.6. The maximum Gasteiger partial charge on any atom is 0.180 e. The lowest BCUT2D eigenvalue weighted by atomic mass is 10.0. The highest BCUT2D eigenvalue weighted by atomic mass is 15.1. The van der Waals surface area contributed by atoms with Crippen molar-refractivity contribution >= 4 is 11.2 Å². The molecule has 3 heterocycles. The Morgan fingerprint density at radius 3 is 3.00 bits per heavy atom. The van der Waals surface area contributed by atoms with Gasteiger partial charge in [-0.3, -0.25) is 0 Å². The van der Waals surface area contributed by atoms with Gasteiger partial charge in [-0.05, 0) is 0 Å². The Morgan fingerprint density at radius 1 is 1.38 bits per heavy atom. The lowest BCUT2D eigenvalue weighted by molar-refractivity contribution is 0.433. The number of aromatic nitrogens is 4. The SMILES string of the molecule is c1ncc2[nH]c(C3CNC3)nc2n1. The van der Waals surface area contributed by atoms with Gasteiger partial charge in [0.1, 0.15) is 17.7 Å². The van der Waals surface area contributed by atoms with Crippen molar-refractivity contribution in [2.24, 2.45) is 0 Å². The molecule has 2 aromatic heterocycles. The molecule has 5 heteroatoms. The monoisotopic (exact) mass is 175 g/mol. The number of H-pyrrole nitrogens is 1. The van der Waals surface area contributed by atoms with E-state index in [0.29, 0.717) is 5.92 Å². The van der Waals surface area contributed by atoms with Crippen LogP contribution in [0, 0.1) is 0 Å². The van der Waals surface area contributed by atoms with E-state index in [0.717, 1.165) is 30.1 Å². The fraction of sp³-hybridized carbons (Fsp3) is 0.375. The maximum atomic E-state index is 4.39. The van der Waals surface area contributed by atoms with Crippen molar-refractivity contribution in [2.45, 2.75) is 5.92 Å². The number of rotatable bonds is 1. The molecule has 0 radical (unpaired) electrons. The molecule has 0 bridgehead atoms. The van der Waals surface area contributed by atoms with Crippen molar-refractivity contribution in [1.82, 2.24) is 25.3 Å². The van der Waals surface area contributed by atoms with E-state index in [9.17, 15) is 0 Å². The molecule has 0 saturated carbocycles. The average Bonchev–Trinajstić information content (AvgIpc) is 2.43. The number of aromatic amines is 1. The number of fused-ring (bicyclic) bond motifs is 1. The Balaban J connectivity index is 2.10. The Labute approximate surface area is 74.6 Å². The average molecular weight is 175 g/mol. The first-order chi connectivity index (χ1) is 6.43. The molecule has 0 aliphatic carbocycles. The Bertz CT molecular complexity index is 398. The normalized spacial score (nSPS) is 17.5. The molecule has 2 aromatic rings. The zero-order valence-corrected chi connectivity index (χ0v) is 6.99. The van der Waals surface area contributed by atoms with Gasteiger partial charge in [-0.25, -0.2) is 15.0 Å². The minimum atomic E-state index is 0.522. The summed E-state index contributed by atoms with van der Waals surface area (Å²) in [5.41, 5.74) is 1.68. The van der Waals surface area contributed by atoms with Gasteiger partial charge in [-0.2, -0.15) is 0 Å². The van der Waals surface area contributed by atoms with E-state index < -0.39 is 0 Å². The fourth-order valence-electron chi connectivity index (χ4n) is 1.46. The third-order valence-electron chi connectivity index (χ3n) is 2.35. The van der Waals surface area contributed by atoms with E-state index in [2.05, 4.69) is 25.3 Å². The summed E-state index contributed by atoms with van der Waals surface area (Å²) in [6.07, 6.45) is 3.27. The van der Waals surface area contributed by atoms with Crippen LogP contribution in [0.15, 0.2) is 12.5 Å². The van der Waals surface area contributed by atoms with E-state index in [-0.39, 0.29) is 0 Å². The summed E-state index contributed by atoms with van der Waals surface area (Å²) in [5.74, 6) is 1.54. The molecule has 3 rings (SSSR count). The summed E-state index contributed by atoms with van der Waals surface area (Å²) in [7, 11) is 0. The van der Waals surface area contributed by atoms with Gasteiger partial charge in [0, 0.05) is 19.0 Å². The lowest BCUT2D eigenvalue weighted by Crippen LogP contribution is -2.40. The van der Waals surface area contributed by atoms with Gasteiger partial charge in [-0.1, -0.05) is 0 Å². The summed E-state index contributed by atoms with van der Waals surface area (Å²) in [5, 5.41) is 3.21. The van der Waals surface area contributed by atoms with Crippen LogP contribution in [0.1, 0.15) is 11.7 Å². The van der Waals surface area contributed by atoms with E-state index >= 15 is 0 Å². The third kappa shape index (κ3) is 1.01.